The van der Waals surface area contributed by atoms with Gasteiger partial charge in [-0.3, -0.25) is 0 Å². The van der Waals surface area contributed by atoms with E-state index in [2.05, 4.69) is 10.2 Å². The Kier molecular flexibility index (Phi) is 5.17. The largest absolute Gasteiger partial charge is 0.438 e. The fourth-order valence-electron chi connectivity index (χ4n) is 2.56. The standard InChI is InChI=1S/C11H15ClF3N3O5S/c1-24(22,23)10-9(11(13,14)15)16-18(17-10)5-2-4(3-19)7(20)8(21)6(5)12/h4-8,19-21H,2-3H2,1H3/t4-,5?,6?,7-,8-/m1/s1. The van der Waals surface area contributed by atoms with Crippen LogP contribution < -0.4 is 0 Å². The van der Waals surface area contributed by atoms with Crippen LogP contribution in [0.25, 0.3) is 0 Å². The first-order valence-electron chi connectivity index (χ1n) is 6.73. The summed E-state index contributed by atoms with van der Waals surface area (Å²) in [6.07, 6.45) is -7.56. The normalized spacial score (nSPS) is 32.1. The van der Waals surface area contributed by atoms with Gasteiger partial charge in [-0.25, -0.2) is 8.42 Å². The molecule has 1 saturated carbocycles. The van der Waals surface area contributed by atoms with E-state index < -0.39 is 62.9 Å². The van der Waals surface area contributed by atoms with Crippen molar-refractivity contribution in [1.29, 1.82) is 0 Å². The monoisotopic (exact) mass is 393 g/mol. The zero-order valence-corrected chi connectivity index (χ0v) is 13.8. The Morgan fingerprint density at radius 3 is 2.29 bits per heavy atom. The first-order chi connectivity index (χ1) is 10.9. The van der Waals surface area contributed by atoms with Crippen LogP contribution >= 0.6 is 11.6 Å². The Bertz CT molecular complexity index is 708. The molecule has 1 heterocycles. The summed E-state index contributed by atoms with van der Waals surface area (Å²) in [7, 11) is -4.31. The molecule has 2 rings (SSSR count). The molecular weight excluding hydrogens is 379 g/mol. The van der Waals surface area contributed by atoms with Crippen LogP contribution in [0.15, 0.2) is 5.03 Å². The Balaban J connectivity index is 2.51. The SMILES string of the molecule is CS(=O)(=O)c1nn(C2C[C@H](CO)[C@@H](O)[C@H](O)C2Cl)nc1C(F)(F)F. The molecule has 0 spiro atoms. The maximum Gasteiger partial charge on any atom is 0.438 e. The number of rotatable bonds is 3. The van der Waals surface area contributed by atoms with Gasteiger partial charge in [0.1, 0.15) is 0 Å². The fourth-order valence-corrected chi connectivity index (χ4v) is 3.66. The molecule has 0 radical (unpaired) electrons. The molecule has 1 aromatic heterocycles. The summed E-state index contributed by atoms with van der Waals surface area (Å²) in [6, 6.07) is -1.14. The van der Waals surface area contributed by atoms with Crippen LogP contribution in [0.1, 0.15) is 18.2 Å². The van der Waals surface area contributed by atoms with Crippen molar-refractivity contribution >= 4 is 21.4 Å². The second kappa shape index (κ2) is 6.41. The second-order valence-electron chi connectivity index (χ2n) is 5.62. The van der Waals surface area contributed by atoms with Crippen molar-refractivity contribution in [2.75, 3.05) is 12.9 Å². The van der Waals surface area contributed by atoms with Crippen LogP contribution in [-0.4, -0.2) is 69.2 Å². The maximum absolute atomic E-state index is 13.0. The average Bonchev–Trinajstić information content (AvgIpc) is 2.90. The van der Waals surface area contributed by atoms with Crippen LogP contribution in [0.2, 0.25) is 0 Å². The number of sulfone groups is 1. The molecule has 5 atom stereocenters. The molecule has 1 fully saturated rings. The van der Waals surface area contributed by atoms with Gasteiger partial charge in [0.15, 0.2) is 9.84 Å². The van der Waals surface area contributed by atoms with Crippen molar-refractivity contribution in [3.05, 3.63) is 5.69 Å². The number of hydrogen-bond acceptors (Lipinski definition) is 7. The van der Waals surface area contributed by atoms with Crippen molar-refractivity contribution < 1.29 is 36.9 Å². The molecule has 8 nitrogen and oxygen atoms in total. The molecule has 138 valence electrons. The number of halogens is 4. The minimum atomic E-state index is -5.05. The van der Waals surface area contributed by atoms with Gasteiger partial charge < -0.3 is 15.3 Å². The van der Waals surface area contributed by atoms with Gasteiger partial charge in [-0.05, 0) is 6.42 Å². The van der Waals surface area contributed by atoms with E-state index in [-0.39, 0.29) is 6.42 Å². The van der Waals surface area contributed by atoms with Crippen LogP contribution in [0, 0.1) is 5.92 Å². The molecule has 0 aromatic carbocycles. The Hall–Kier alpha value is -0.950. The van der Waals surface area contributed by atoms with E-state index in [0.717, 1.165) is 0 Å². The minimum Gasteiger partial charge on any atom is -0.396 e. The first-order valence-corrected chi connectivity index (χ1v) is 9.05. The summed E-state index contributed by atoms with van der Waals surface area (Å²) in [4.78, 5) is 0.481. The third-order valence-corrected chi connectivity index (χ3v) is 5.35. The van der Waals surface area contributed by atoms with Crippen molar-refractivity contribution in [2.45, 2.75) is 41.2 Å². The first kappa shape index (κ1) is 19.4. The zero-order chi connectivity index (χ0) is 18.4. The maximum atomic E-state index is 13.0. The predicted octanol–water partition coefficient (Wildman–Crippen LogP) is -0.417. The zero-order valence-electron chi connectivity index (χ0n) is 12.2. The molecule has 2 unspecified atom stereocenters. The van der Waals surface area contributed by atoms with Gasteiger partial charge in [0, 0.05) is 18.8 Å². The van der Waals surface area contributed by atoms with Gasteiger partial charge in [-0.2, -0.15) is 18.0 Å². The lowest BCUT2D eigenvalue weighted by molar-refractivity contribution is -0.144. The topological polar surface area (TPSA) is 126 Å². The van der Waals surface area contributed by atoms with E-state index in [4.69, 9.17) is 11.6 Å². The highest BCUT2D eigenvalue weighted by molar-refractivity contribution is 7.90. The quantitative estimate of drug-likeness (QED) is 0.595. The summed E-state index contributed by atoms with van der Waals surface area (Å²) in [5.41, 5.74) is -1.69. The summed E-state index contributed by atoms with van der Waals surface area (Å²) in [6.45, 7) is -0.551. The van der Waals surface area contributed by atoms with E-state index in [1.807, 2.05) is 0 Å². The summed E-state index contributed by atoms with van der Waals surface area (Å²) >= 11 is 5.95. The Labute approximate surface area is 139 Å². The summed E-state index contributed by atoms with van der Waals surface area (Å²) < 4.78 is 62.1. The van der Waals surface area contributed by atoms with Gasteiger partial charge >= 0.3 is 6.18 Å². The lowest BCUT2D eigenvalue weighted by Gasteiger charge is -2.38. The Morgan fingerprint density at radius 2 is 1.88 bits per heavy atom. The number of alkyl halides is 4. The average molecular weight is 394 g/mol. The summed E-state index contributed by atoms with van der Waals surface area (Å²) in [5.74, 6) is -0.873. The van der Waals surface area contributed by atoms with Crippen LogP contribution in [0.4, 0.5) is 13.2 Å². The van der Waals surface area contributed by atoms with Crippen molar-refractivity contribution in [2.24, 2.45) is 5.92 Å². The molecule has 1 aliphatic carbocycles. The third kappa shape index (κ3) is 3.52. The van der Waals surface area contributed by atoms with E-state index in [0.29, 0.717) is 11.1 Å². The molecule has 0 bridgehead atoms. The molecule has 13 heteroatoms. The number of hydrogen-bond donors (Lipinski definition) is 3. The third-order valence-electron chi connectivity index (χ3n) is 3.82. The van der Waals surface area contributed by atoms with E-state index in [1.165, 1.54) is 0 Å². The van der Waals surface area contributed by atoms with Crippen LogP contribution in [0.3, 0.4) is 0 Å². The minimum absolute atomic E-state index is 0.141. The molecule has 0 amide bonds. The highest BCUT2D eigenvalue weighted by Gasteiger charge is 2.47. The predicted molar refractivity (Wildman–Crippen MR) is 74.0 cm³/mol. The lowest BCUT2D eigenvalue weighted by Crippen LogP contribution is -2.50. The number of nitrogens with zero attached hydrogens (tertiary/aromatic N) is 3. The fraction of sp³-hybridized carbons (Fsp3) is 0.818. The molecule has 0 aliphatic heterocycles. The highest BCUT2D eigenvalue weighted by atomic mass is 35.5. The van der Waals surface area contributed by atoms with Crippen LogP contribution in [0.5, 0.6) is 0 Å². The van der Waals surface area contributed by atoms with E-state index >= 15 is 0 Å². The Morgan fingerprint density at radius 1 is 1.29 bits per heavy atom. The van der Waals surface area contributed by atoms with Gasteiger partial charge in [0.05, 0.1) is 23.6 Å². The van der Waals surface area contributed by atoms with Crippen molar-refractivity contribution in [3.63, 3.8) is 0 Å². The highest BCUT2D eigenvalue weighted by Crippen LogP contribution is 2.38. The molecular formula is C11H15ClF3N3O5S. The van der Waals surface area contributed by atoms with Crippen molar-refractivity contribution in [3.8, 4) is 0 Å². The molecule has 1 aromatic rings. The van der Waals surface area contributed by atoms with Gasteiger partial charge in [-0.1, -0.05) is 0 Å². The van der Waals surface area contributed by atoms with Gasteiger partial charge in [0.25, 0.3) is 0 Å². The van der Waals surface area contributed by atoms with Crippen LogP contribution in [-0.2, 0) is 16.0 Å². The number of aliphatic hydroxyl groups excluding tert-OH is 3. The van der Waals surface area contributed by atoms with E-state index in [1.54, 1.807) is 0 Å². The smallest absolute Gasteiger partial charge is 0.396 e. The van der Waals surface area contributed by atoms with Gasteiger partial charge in [0.2, 0.25) is 10.7 Å². The van der Waals surface area contributed by atoms with E-state index in [9.17, 15) is 36.9 Å². The van der Waals surface area contributed by atoms with Crippen molar-refractivity contribution in [1.82, 2.24) is 15.0 Å². The molecule has 0 saturated heterocycles. The molecule has 1 aliphatic rings. The van der Waals surface area contributed by atoms with Gasteiger partial charge in [-0.15, -0.1) is 21.8 Å². The number of aromatic nitrogens is 3. The number of aliphatic hydroxyl groups is 3. The molecule has 24 heavy (non-hydrogen) atoms. The second-order valence-corrected chi connectivity index (χ2v) is 8.05. The summed E-state index contributed by atoms with van der Waals surface area (Å²) in [5, 5.41) is 32.9. The molecule has 3 N–H and O–H groups in total. The lowest BCUT2D eigenvalue weighted by atomic mass is 9.81.